The molecule has 2 heterocycles. The Labute approximate surface area is 114 Å². The monoisotopic (exact) mass is 278 g/mol. The maximum atomic E-state index is 12.1. The largest absolute Gasteiger partial charge is 0.476 e. The third-order valence-electron chi connectivity index (χ3n) is 2.32. The second-order valence-electron chi connectivity index (χ2n) is 3.71. The fourth-order valence-corrected chi connectivity index (χ4v) is 2.27. The van der Waals surface area contributed by atoms with Crippen molar-refractivity contribution < 1.29 is 9.53 Å². The molecular weight excluding hydrogens is 264 g/mol. The van der Waals surface area contributed by atoms with Crippen LogP contribution in [0.1, 0.15) is 22.3 Å². The zero-order valence-electron chi connectivity index (χ0n) is 10.6. The molecule has 2 aromatic rings. The zero-order valence-corrected chi connectivity index (χ0v) is 11.5. The van der Waals surface area contributed by atoms with Gasteiger partial charge in [-0.05, 0) is 26.0 Å². The number of anilines is 2. The van der Waals surface area contributed by atoms with Crippen LogP contribution in [-0.4, -0.2) is 22.5 Å². The van der Waals surface area contributed by atoms with Crippen LogP contribution in [0.5, 0.6) is 5.88 Å². The number of nitrogens with zero attached hydrogens (tertiary/aromatic N) is 2. The number of carbonyl (C=O) groups is 1. The summed E-state index contributed by atoms with van der Waals surface area (Å²) in [5, 5.41) is 3.13. The van der Waals surface area contributed by atoms with Gasteiger partial charge in [0.1, 0.15) is 10.6 Å². The first-order valence-corrected chi connectivity index (χ1v) is 6.55. The van der Waals surface area contributed by atoms with E-state index in [0.717, 1.165) is 11.3 Å². The molecule has 0 aliphatic heterocycles. The van der Waals surface area contributed by atoms with Crippen LogP contribution in [0.3, 0.4) is 0 Å². The summed E-state index contributed by atoms with van der Waals surface area (Å²) in [7, 11) is 0. The van der Waals surface area contributed by atoms with Gasteiger partial charge in [0.15, 0.2) is 5.13 Å². The van der Waals surface area contributed by atoms with Crippen LogP contribution in [0, 0.1) is 6.92 Å². The second kappa shape index (κ2) is 5.66. The SMILES string of the molecule is CCOc1ncccc1NC(=O)c1sc(N)nc1C. The fourth-order valence-electron chi connectivity index (χ4n) is 1.54. The van der Waals surface area contributed by atoms with Crippen molar-refractivity contribution in [3.05, 3.63) is 28.9 Å². The van der Waals surface area contributed by atoms with E-state index in [9.17, 15) is 4.79 Å². The molecule has 19 heavy (non-hydrogen) atoms. The average molecular weight is 278 g/mol. The van der Waals surface area contributed by atoms with E-state index >= 15 is 0 Å². The number of aryl methyl sites for hydroxylation is 1. The van der Waals surface area contributed by atoms with Crippen LogP contribution in [0.4, 0.5) is 10.8 Å². The number of nitrogens with one attached hydrogen (secondary N) is 1. The molecule has 0 atom stereocenters. The lowest BCUT2D eigenvalue weighted by Gasteiger charge is -2.09. The number of ether oxygens (including phenoxy) is 1. The van der Waals surface area contributed by atoms with Crippen LogP contribution in [0.2, 0.25) is 0 Å². The molecule has 2 aromatic heterocycles. The van der Waals surface area contributed by atoms with Gasteiger partial charge in [-0.1, -0.05) is 11.3 Å². The van der Waals surface area contributed by atoms with Crippen molar-refractivity contribution in [3.8, 4) is 5.88 Å². The molecule has 6 nitrogen and oxygen atoms in total. The Bertz CT molecular complexity index is 597. The first-order valence-electron chi connectivity index (χ1n) is 5.74. The number of aromatic nitrogens is 2. The summed E-state index contributed by atoms with van der Waals surface area (Å²) in [6.07, 6.45) is 1.61. The fraction of sp³-hybridized carbons (Fsp3) is 0.250. The van der Waals surface area contributed by atoms with E-state index in [1.165, 1.54) is 0 Å². The number of nitrogen functional groups attached to an aromatic ring is 1. The van der Waals surface area contributed by atoms with Crippen molar-refractivity contribution in [1.29, 1.82) is 0 Å². The van der Waals surface area contributed by atoms with Gasteiger partial charge >= 0.3 is 0 Å². The summed E-state index contributed by atoms with van der Waals surface area (Å²) in [6.45, 7) is 4.08. The molecule has 0 aliphatic carbocycles. The van der Waals surface area contributed by atoms with Crippen LogP contribution >= 0.6 is 11.3 Å². The Balaban J connectivity index is 2.21. The van der Waals surface area contributed by atoms with E-state index in [-0.39, 0.29) is 5.91 Å². The lowest BCUT2D eigenvalue weighted by Crippen LogP contribution is -2.13. The average Bonchev–Trinajstić information content (AvgIpc) is 2.71. The minimum absolute atomic E-state index is 0.263. The van der Waals surface area contributed by atoms with E-state index in [0.29, 0.717) is 33.9 Å². The number of amides is 1. The number of thiazole rings is 1. The molecule has 7 heteroatoms. The van der Waals surface area contributed by atoms with Gasteiger partial charge < -0.3 is 15.8 Å². The van der Waals surface area contributed by atoms with Crippen molar-refractivity contribution in [3.63, 3.8) is 0 Å². The lowest BCUT2D eigenvalue weighted by molar-refractivity contribution is 0.102. The molecule has 3 N–H and O–H groups in total. The highest BCUT2D eigenvalue weighted by atomic mass is 32.1. The van der Waals surface area contributed by atoms with Crippen molar-refractivity contribution in [2.24, 2.45) is 0 Å². The summed E-state index contributed by atoms with van der Waals surface area (Å²) in [5.41, 5.74) is 6.72. The van der Waals surface area contributed by atoms with Crippen LogP contribution < -0.4 is 15.8 Å². The molecule has 0 spiro atoms. The molecule has 2 rings (SSSR count). The maximum absolute atomic E-state index is 12.1. The van der Waals surface area contributed by atoms with E-state index in [1.807, 2.05) is 6.92 Å². The van der Waals surface area contributed by atoms with Crippen molar-refractivity contribution >= 4 is 28.1 Å². The van der Waals surface area contributed by atoms with Gasteiger partial charge in [-0.2, -0.15) is 0 Å². The smallest absolute Gasteiger partial charge is 0.267 e. The van der Waals surface area contributed by atoms with E-state index < -0.39 is 0 Å². The first-order chi connectivity index (χ1) is 9.11. The standard InChI is InChI=1S/C12H14N4O2S/c1-3-18-11-8(5-4-6-14-11)16-10(17)9-7(2)15-12(13)19-9/h4-6H,3H2,1-2H3,(H2,13,15)(H,16,17). The summed E-state index contributed by atoms with van der Waals surface area (Å²) in [6, 6.07) is 3.46. The Morgan fingerprint density at radius 1 is 1.58 bits per heavy atom. The molecule has 1 amide bonds. The zero-order chi connectivity index (χ0) is 13.8. The molecule has 0 bridgehead atoms. The normalized spacial score (nSPS) is 10.2. The molecule has 0 saturated carbocycles. The summed E-state index contributed by atoms with van der Waals surface area (Å²) >= 11 is 1.15. The van der Waals surface area contributed by atoms with Gasteiger partial charge in [0.2, 0.25) is 5.88 Å². The Morgan fingerprint density at radius 2 is 2.37 bits per heavy atom. The summed E-state index contributed by atoms with van der Waals surface area (Å²) in [4.78, 5) is 20.7. The van der Waals surface area contributed by atoms with Gasteiger partial charge in [0.05, 0.1) is 12.3 Å². The molecule has 0 radical (unpaired) electrons. The minimum Gasteiger partial charge on any atom is -0.476 e. The van der Waals surface area contributed by atoms with E-state index in [1.54, 1.807) is 25.3 Å². The Morgan fingerprint density at radius 3 is 3.00 bits per heavy atom. The minimum atomic E-state index is -0.263. The predicted octanol–water partition coefficient (Wildman–Crippen LogP) is 2.08. The quantitative estimate of drug-likeness (QED) is 0.893. The molecule has 0 saturated heterocycles. The molecule has 100 valence electrons. The van der Waals surface area contributed by atoms with E-state index in [2.05, 4.69) is 15.3 Å². The van der Waals surface area contributed by atoms with Gasteiger partial charge in [-0.25, -0.2) is 9.97 Å². The van der Waals surface area contributed by atoms with Crippen molar-refractivity contribution in [2.45, 2.75) is 13.8 Å². The molecular formula is C12H14N4O2S. The van der Waals surface area contributed by atoms with Crippen LogP contribution in [0.25, 0.3) is 0 Å². The molecule has 0 aromatic carbocycles. The van der Waals surface area contributed by atoms with Gasteiger partial charge in [-0.3, -0.25) is 4.79 Å². The van der Waals surface area contributed by atoms with Gasteiger partial charge in [-0.15, -0.1) is 0 Å². The molecule has 0 unspecified atom stereocenters. The number of pyridine rings is 1. The van der Waals surface area contributed by atoms with Gasteiger partial charge in [0, 0.05) is 6.20 Å². The highest BCUT2D eigenvalue weighted by Gasteiger charge is 2.16. The number of nitrogens with two attached hydrogens (primary N) is 1. The maximum Gasteiger partial charge on any atom is 0.267 e. The molecule has 0 aliphatic rings. The van der Waals surface area contributed by atoms with E-state index in [4.69, 9.17) is 10.5 Å². The second-order valence-corrected chi connectivity index (χ2v) is 4.74. The Hall–Kier alpha value is -2.15. The highest BCUT2D eigenvalue weighted by molar-refractivity contribution is 7.17. The lowest BCUT2D eigenvalue weighted by atomic mass is 10.3. The van der Waals surface area contributed by atoms with Crippen molar-refractivity contribution in [2.75, 3.05) is 17.7 Å². The number of rotatable bonds is 4. The third kappa shape index (κ3) is 3.00. The van der Waals surface area contributed by atoms with Crippen molar-refractivity contribution in [1.82, 2.24) is 9.97 Å². The first kappa shape index (κ1) is 13.3. The van der Waals surface area contributed by atoms with Gasteiger partial charge in [0.25, 0.3) is 5.91 Å². The topological polar surface area (TPSA) is 90.1 Å². The summed E-state index contributed by atoms with van der Waals surface area (Å²) in [5.74, 6) is 0.133. The van der Waals surface area contributed by atoms with Crippen LogP contribution in [-0.2, 0) is 0 Å². The van der Waals surface area contributed by atoms with Crippen LogP contribution in [0.15, 0.2) is 18.3 Å². The number of carbonyl (C=O) groups excluding carboxylic acids is 1. The number of hydrogen-bond donors (Lipinski definition) is 2. The third-order valence-corrected chi connectivity index (χ3v) is 3.31. The highest BCUT2D eigenvalue weighted by Crippen LogP contribution is 2.24. The Kier molecular flexibility index (Phi) is 3.96. The number of hydrogen-bond acceptors (Lipinski definition) is 6. The summed E-state index contributed by atoms with van der Waals surface area (Å²) < 4.78 is 5.35. The molecule has 0 fully saturated rings. The predicted molar refractivity (Wildman–Crippen MR) is 74.6 cm³/mol.